The largest absolute Gasteiger partial charge is 0.383 e. The number of hydrogen-bond donors (Lipinski definition) is 2. The highest BCUT2D eigenvalue weighted by Crippen LogP contribution is 1.90. The molecule has 0 saturated carbocycles. The van der Waals surface area contributed by atoms with E-state index in [2.05, 4.69) is 10.4 Å². The zero-order chi connectivity index (χ0) is 12.8. The average Bonchev–Trinajstić information content (AvgIpc) is 2.23. The Morgan fingerprint density at radius 1 is 1.65 bits per heavy atom. The summed E-state index contributed by atoms with van der Waals surface area (Å²) in [7, 11) is 1.55. The number of aromatic nitrogens is 2. The molecule has 94 valence electrons. The van der Waals surface area contributed by atoms with Crippen molar-refractivity contribution in [2.75, 3.05) is 19.5 Å². The molecule has 7 nitrogen and oxygen atoms in total. The Kier molecular flexibility index (Phi) is 4.65. The zero-order valence-electron chi connectivity index (χ0n) is 9.84. The first-order chi connectivity index (χ1) is 8.02. The summed E-state index contributed by atoms with van der Waals surface area (Å²) in [5.41, 5.74) is 5.06. The smallest absolute Gasteiger partial charge is 0.267 e. The first-order valence-electron chi connectivity index (χ1n) is 5.15. The quantitative estimate of drug-likeness (QED) is 0.686. The normalized spacial score (nSPS) is 12.1. The standard InChI is InChI=1S/C10H16N4O3/c1-7(6-17-2)12-9(15)5-14-10(16)4-3-8(11)13-14/h3-4,7H,5-6H2,1-2H3,(H2,11,13)(H,12,15). The first kappa shape index (κ1) is 13.2. The SMILES string of the molecule is COCC(C)NC(=O)Cn1nc(N)ccc1=O. The van der Waals surface area contributed by atoms with E-state index in [1.807, 2.05) is 0 Å². The first-order valence-corrected chi connectivity index (χ1v) is 5.15. The molecule has 0 aliphatic heterocycles. The second-order valence-electron chi connectivity index (χ2n) is 3.68. The van der Waals surface area contributed by atoms with Crippen molar-refractivity contribution in [3.63, 3.8) is 0 Å². The number of nitrogen functional groups attached to an aromatic ring is 1. The fourth-order valence-electron chi connectivity index (χ4n) is 1.33. The molecule has 0 aromatic carbocycles. The van der Waals surface area contributed by atoms with Crippen molar-refractivity contribution in [2.45, 2.75) is 19.5 Å². The molecule has 1 aromatic rings. The van der Waals surface area contributed by atoms with Crippen LogP contribution in [0.4, 0.5) is 5.82 Å². The summed E-state index contributed by atoms with van der Waals surface area (Å²) in [6, 6.07) is 2.54. The molecule has 0 radical (unpaired) electrons. The van der Waals surface area contributed by atoms with Crippen LogP contribution in [-0.2, 0) is 16.1 Å². The Morgan fingerprint density at radius 2 is 2.35 bits per heavy atom. The van der Waals surface area contributed by atoms with Crippen LogP contribution in [0.3, 0.4) is 0 Å². The Labute approximate surface area is 98.6 Å². The van der Waals surface area contributed by atoms with E-state index < -0.39 is 0 Å². The molecule has 3 N–H and O–H groups in total. The number of hydrogen-bond acceptors (Lipinski definition) is 5. The van der Waals surface area contributed by atoms with Gasteiger partial charge in [-0.3, -0.25) is 9.59 Å². The molecule has 0 aliphatic carbocycles. The summed E-state index contributed by atoms with van der Waals surface area (Å²) in [5, 5.41) is 6.43. The molecule has 1 heterocycles. The monoisotopic (exact) mass is 240 g/mol. The van der Waals surface area contributed by atoms with E-state index in [9.17, 15) is 9.59 Å². The van der Waals surface area contributed by atoms with Gasteiger partial charge in [-0.1, -0.05) is 0 Å². The fraction of sp³-hybridized carbons (Fsp3) is 0.500. The molecule has 1 rings (SSSR count). The van der Waals surface area contributed by atoms with Gasteiger partial charge in [0.1, 0.15) is 12.4 Å². The third-order valence-corrected chi connectivity index (χ3v) is 2.00. The summed E-state index contributed by atoms with van der Waals surface area (Å²) < 4.78 is 5.90. The summed E-state index contributed by atoms with van der Waals surface area (Å²) in [6.45, 7) is 2.06. The van der Waals surface area contributed by atoms with Crippen molar-refractivity contribution in [2.24, 2.45) is 0 Å². The van der Waals surface area contributed by atoms with Crippen molar-refractivity contribution in [1.29, 1.82) is 0 Å². The van der Waals surface area contributed by atoms with Gasteiger partial charge in [-0.2, -0.15) is 5.10 Å². The van der Waals surface area contributed by atoms with Crippen LogP contribution in [0.15, 0.2) is 16.9 Å². The maximum atomic E-state index is 11.6. The highest BCUT2D eigenvalue weighted by molar-refractivity contribution is 5.75. The van der Waals surface area contributed by atoms with Crippen LogP contribution >= 0.6 is 0 Å². The lowest BCUT2D eigenvalue weighted by molar-refractivity contribution is -0.122. The van der Waals surface area contributed by atoms with E-state index in [1.54, 1.807) is 14.0 Å². The summed E-state index contributed by atoms with van der Waals surface area (Å²) in [4.78, 5) is 22.9. The van der Waals surface area contributed by atoms with Crippen LogP contribution in [0.5, 0.6) is 0 Å². The minimum absolute atomic E-state index is 0.121. The van der Waals surface area contributed by atoms with Gasteiger partial charge in [-0.25, -0.2) is 4.68 Å². The van der Waals surface area contributed by atoms with Gasteiger partial charge in [-0.15, -0.1) is 0 Å². The molecular weight excluding hydrogens is 224 g/mol. The second-order valence-corrected chi connectivity index (χ2v) is 3.68. The number of ether oxygens (including phenoxy) is 1. The molecule has 0 bridgehead atoms. The lowest BCUT2D eigenvalue weighted by Gasteiger charge is -2.12. The number of anilines is 1. The highest BCUT2D eigenvalue weighted by atomic mass is 16.5. The predicted molar refractivity (Wildman–Crippen MR) is 62.4 cm³/mol. The summed E-state index contributed by atoms with van der Waals surface area (Å²) in [6.07, 6.45) is 0. The van der Waals surface area contributed by atoms with E-state index >= 15 is 0 Å². The van der Waals surface area contributed by atoms with Crippen LogP contribution < -0.4 is 16.6 Å². The van der Waals surface area contributed by atoms with E-state index in [4.69, 9.17) is 10.5 Å². The Balaban J connectivity index is 2.62. The highest BCUT2D eigenvalue weighted by Gasteiger charge is 2.09. The van der Waals surface area contributed by atoms with Crippen LogP contribution in [0.25, 0.3) is 0 Å². The van der Waals surface area contributed by atoms with Crippen LogP contribution in [-0.4, -0.2) is 35.4 Å². The van der Waals surface area contributed by atoms with Gasteiger partial charge in [-0.05, 0) is 13.0 Å². The van der Waals surface area contributed by atoms with Crippen molar-refractivity contribution < 1.29 is 9.53 Å². The minimum atomic E-state index is -0.367. The van der Waals surface area contributed by atoms with Gasteiger partial charge in [0.25, 0.3) is 5.56 Å². The van der Waals surface area contributed by atoms with Gasteiger partial charge in [0.15, 0.2) is 0 Å². The molecule has 0 fully saturated rings. The molecule has 1 atom stereocenters. The van der Waals surface area contributed by atoms with Gasteiger partial charge < -0.3 is 15.8 Å². The van der Waals surface area contributed by atoms with Gasteiger partial charge >= 0.3 is 0 Å². The molecule has 0 spiro atoms. The average molecular weight is 240 g/mol. The molecule has 7 heteroatoms. The molecule has 1 amide bonds. The maximum absolute atomic E-state index is 11.6. The van der Waals surface area contributed by atoms with Crippen molar-refractivity contribution >= 4 is 11.7 Å². The Hall–Kier alpha value is -1.89. The van der Waals surface area contributed by atoms with Crippen LogP contribution in [0.1, 0.15) is 6.92 Å². The Morgan fingerprint density at radius 3 is 3.00 bits per heavy atom. The van der Waals surface area contributed by atoms with Crippen LogP contribution in [0, 0.1) is 0 Å². The zero-order valence-corrected chi connectivity index (χ0v) is 9.84. The lowest BCUT2D eigenvalue weighted by Crippen LogP contribution is -2.40. The van der Waals surface area contributed by atoms with E-state index in [0.29, 0.717) is 6.61 Å². The number of carbonyl (C=O) groups excluding carboxylic acids is 1. The van der Waals surface area contributed by atoms with Gasteiger partial charge in [0, 0.05) is 19.2 Å². The third-order valence-electron chi connectivity index (χ3n) is 2.00. The third kappa shape index (κ3) is 4.23. The number of rotatable bonds is 5. The van der Waals surface area contributed by atoms with Gasteiger partial charge in [0.2, 0.25) is 5.91 Å². The van der Waals surface area contributed by atoms with E-state index in [1.165, 1.54) is 12.1 Å². The fourth-order valence-corrected chi connectivity index (χ4v) is 1.33. The van der Waals surface area contributed by atoms with Crippen LogP contribution in [0.2, 0.25) is 0 Å². The molecule has 1 aromatic heterocycles. The topological polar surface area (TPSA) is 99.2 Å². The summed E-state index contributed by atoms with van der Waals surface area (Å²) >= 11 is 0. The second kappa shape index (κ2) is 6.00. The predicted octanol–water partition coefficient (Wildman–Crippen LogP) is -1.02. The number of nitrogens with zero attached hydrogens (tertiary/aromatic N) is 2. The molecular formula is C10H16N4O3. The number of nitrogens with one attached hydrogen (secondary N) is 1. The maximum Gasteiger partial charge on any atom is 0.267 e. The molecule has 0 aliphatic rings. The number of nitrogens with two attached hydrogens (primary N) is 1. The van der Waals surface area contributed by atoms with Crippen molar-refractivity contribution in [3.8, 4) is 0 Å². The summed E-state index contributed by atoms with van der Waals surface area (Å²) in [5.74, 6) is -0.114. The van der Waals surface area contributed by atoms with Crippen molar-refractivity contribution in [1.82, 2.24) is 15.1 Å². The van der Waals surface area contributed by atoms with E-state index in [0.717, 1.165) is 4.68 Å². The van der Waals surface area contributed by atoms with Gasteiger partial charge in [0.05, 0.1) is 6.61 Å². The number of carbonyl (C=O) groups is 1. The number of methoxy groups -OCH3 is 1. The number of amides is 1. The molecule has 1 unspecified atom stereocenters. The van der Waals surface area contributed by atoms with Crippen molar-refractivity contribution in [3.05, 3.63) is 22.5 Å². The van der Waals surface area contributed by atoms with E-state index in [-0.39, 0.29) is 29.9 Å². The minimum Gasteiger partial charge on any atom is -0.383 e. The lowest BCUT2D eigenvalue weighted by atomic mass is 10.3. The Bertz CT molecular complexity index is 443. The molecule has 17 heavy (non-hydrogen) atoms. The molecule has 0 saturated heterocycles.